The van der Waals surface area contributed by atoms with Crippen LogP contribution >= 0.6 is 0 Å². The zero-order chi connectivity index (χ0) is 25.8. The Bertz CT molecular complexity index is 1670. The van der Waals surface area contributed by atoms with E-state index in [9.17, 15) is 10.5 Å². The van der Waals surface area contributed by atoms with Gasteiger partial charge >= 0.3 is 0 Å². The van der Waals surface area contributed by atoms with Crippen LogP contribution in [-0.4, -0.2) is 26.7 Å². The number of nitriles is 2. The molecule has 0 atom stereocenters. The average molecular weight is 484 g/mol. The van der Waals surface area contributed by atoms with Crippen LogP contribution in [0.3, 0.4) is 0 Å². The lowest BCUT2D eigenvalue weighted by atomic mass is 10.0. The van der Waals surface area contributed by atoms with Gasteiger partial charge in [0, 0.05) is 17.3 Å². The van der Waals surface area contributed by atoms with Gasteiger partial charge in [-0.25, -0.2) is 9.36 Å². The number of aromatic nitrogens is 4. The van der Waals surface area contributed by atoms with Crippen molar-refractivity contribution in [2.75, 3.05) is 12.8 Å². The highest BCUT2D eigenvalue weighted by Crippen LogP contribution is 2.31. The van der Waals surface area contributed by atoms with Crippen molar-refractivity contribution in [2.24, 2.45) is 0 Å². The lowest BCUT2D eigenvalue weighted by Crippen LogP contribution is -2.02. The van der Waals surface area contributed by atoms with Gasteiger partial charge in [0.05, 0.1) is 29.8 Å². The molecular weight excluding hydrogens is 462 g/mol. The van der Waals surface area contributed by atoms with E-state index in [1.807, 2.05) is 91.1 Å². The number of para-hydroxylation sites is 2. The summed E-state index contributed by atoms with van der Waals surface area (Å²) in [5.74, 6) is 0.891. The quantitative estimate of drug-likeness (QED) is 0.330. The summed E-state index contributed by atoms with van der Waals surface area (Å²) in [6, 6.07) is 30.7. The van der Waals surface area contributed by atoms with Gasteiger partial charge in [0.25, 0.3) is 0 Å². The van der Waals surface area contributed by atoms with Crippen LogP contribution in [0.5, 0.6) is 5.75 Å². The monoisotopic (exact) mass is 483 g/mol. The number of ether oxygens (including phenoxy) is 1. The van der Waals surface area contributed by atoms with E-state index in [4.69, 9.17) is 15.6 Å². The first-order valence-electron chi connectivity index (χ1n) is 11.4. The molecule has 178 valence electrons. The van der Waals surface area contributed by atoms with Gasteiger partial charge in [0.15, 0.2) is 0 Å². The fourth-order valence-corrected chi connectivity index (χ4v) is 3.98. The molecule has 2 N–H and O–H groups in total. The molecule has 5 aromatic rings. The molecule has 2 heterocycles. The van der Waals surface area contributed by atoms with Crippen LogP contribution in [-0.2, 0) is 0 Å². The average Bonchev–Trinajstić information content (AvgIpc) is 3.53. The molecular formula is C29H21N7O. The van der Waals surface area contributed by atoms with Gasteiger partial charge in [-0.05, 0) is 54.6 Å². The SMILES string of the molecule is COc1ccc(-c2nn(-c3ccccc3)cc2/C=C(\C#N)c2nn(-c3ccccc3)c(N)c2C#N)cc1. The van der Waals surface area contributed by atoms with Gasteiger partial charge in [-0.15, -0.1) is 0 Å². The number of anilines is 1. The Morgan fingerprint density at radius 3 is 2.14 bits per heavy atom. The Kier molecular flexibility index (Phi) is 6.22. The van der Waals surface area contributed by atoms with Crippen molar-refractivity contribution in [1.82, 2.24) is 19.6 Å². The summed E-state index contributed by atoms with van der Waals surface area (Å²) in [6.45, 7) is 0. The molecule has 37 heavy (non-hydrogen) atoms. The zero-order valence-corrected chi connectivity index (χ0v) is 19.9. The van der Waals surface area contributed by atoms with Crippen LogP contribution in [0.4, 0.5) is 5.82 Å². The summed E-state index contributed by atoms with van der Waals surface area (Å²) in [5.41, 5.74) is 10.6. The molecule has 0 fully saturated rings. The standard InChI is InChI=1S/C29H21N7O/c1-37-25-14-12-20(13-15-25)27-22(19-35(33-27)23-8-4-2-5-9-23)16-21(17-30)28-26(18-31)29(32)36(34-28)24-10-6-3-7-11-24/h2-16,19H,32H2,1H3/b21-16+. The van der Waals surface area contributed by atoms with Crippen molar-refractivity contribution >= 4 is 17.5 Å². The third kappa shape index (κ3) is 4.43. The number of hydrogen-bond acceptors (Lipinski definition) is 6. The lowest BCUT2D eigenvalue weighted by molar-refractivity contribution is 0.415. The van der Waals surface area contributed by atoms with E-state index < -0.39 is 0 Å². The molecule has 0 aliphatic carbocycles. The van der Waals surface area contributed by atoms with E-state index in [1.54, 1.807) is 17.9 Å². The molecule has 3 aromatic carbocycles. The smallest absolute Gasteiger partial charge is 0.145 e. The maximum absolute atomic E-state index is 10.1. The zero-order valence-electron chi connectivity index (χ0n) is 19.9. The molecule has 8 heteroatoms. The first kappa shape index (κ1) is 23.2. The minimum atomic E-state index is 0.137. The third-order valence-corrected chi connectivity index (χ3v) is 5.84. The predicted molar refractivity (Wildman–Crippen MR) is 142 cm³/mol. The second-order valence-corrected chi connectivity index (χ2v) is 8.08. The van der Waals surface area contributed by atoms with Crippen LogP contribution in [0.1, 0.15) is 16.8 Å². The number of benzene rings is 3. The van der Waals surface area contributed by atoms with E-state index in [2.05, 4.69) is 17.2 Å². The van der Waals surface area contributed by atoms with Crippen molar-refractivity contribution in [3.05, 3.63) is 108 Å². The highest BCUT2D eigenvalue weighted by atomic mass is 16.5. The highest BCUT2D eigenvalue weighted by Gasteiger charge is 2.21. The largest absolute Gasteiger partial charge is 0.497 e. The first-order valence-corrected chi connectivity index (χ1v) is 11.4. The van der Waals surface area contributed by atoms with Crippen LogP contribution in [0.25, 0.3) is 34.3 Å². The van der Waals surface area contributed by atoms with Crippen molar-refractivity contribution in [3.63, 3.8) is 0 Å². The van der Waals surface area contributed by atoms with Gasteiger partial charge in [-0.1, -0.05) is 36.4 Å². The molecule has 0 aliphatic heterocycles. The number of hydrogen-bond donors (Lipinski definition) is 1. The Balaban J connectivity index is 1.67. The summed E-state index contributed by atoms with van der Waals surface area (Å²) in [4.78, 5) is 0. The molecule has 0 aliphatic rings. The van der Waals surface area contributed by atoms with Crippen LogP contribution < -0.4 is 10.5 Å². The second kappa shape index (κ2) is 9.95. The van der Waals surface area contributed by atoms with E-state index in [1.165, 1.54) is 4.68 Å². The summed E-state index contributed by atoms with van der Waals surface area (Å²) >= 11 is 0. The minimum Gasteiger partial charge on any atom is -0.497 e. The Morgan fingerprint density at radius 1 is 0.892 bits per heavy atom. The van der Waals surface area contributed by atoms with Crippen LogP contribution in [0.2, 0.25) is 0 Å². The lowest BCUT2D eigenvalue weighted by Gasteiger charge is -2.03. The predicted octanol–water partition coefficient (Wildman–Crippen LogP) is 5.25. The number of nitrogens with two attached hydrogens (primary N) is 1. The molecule has 0 unspecified atom stereocenters. The summed E-state index contributed by atoms with van der Waals surface area (Å²) in [5, 5.41) is 29.3. The number of nitrogens with zero attached hydrogens (tertiary/aromatic N) is 6. The highest BCUT2D eigenvalue weighted by molar-refractivity contribution is 5.93. The van der Waals surface area contributed by atoms with Gasteiger partial charge in [0.2, 0.25) is 0 Å². The fourth-order valence-electron chi connectivity index (χ4n) is 3.98. The Hall–Kier alpha value is -5.60. The maximum Gasteiger partial charge on any atom is 0.145 e. The molecule has 0 amide bonds. The minimum absolute atomic E-state index is 0.137. The van der Waals surface area contributed by atoms with E-state index in [0.717, 1.165) is 17.0 Å². The fraction of sp³-hybridized carbons (Fsp3) is 0.0345. The molecule has 0 saturated heterocycles. The van der Waals surface area contributed by atoms with E-state index in [0.29, 0.717) is 16.9 Å². The number of allylic oxidation sites excluding steroid dienone is 1. The third-order valence-electron chi connectivity index (χ3n) is 5.84. The Morgan fingerprint density at radius 2 is 1.54 bits per heavy atom. The Labute approximate surface area is 213 Å². The molecule has 0 saturated carbocycles. The van der Waals surface area contributed by atoms with Crippen LogP contribution in [0, 0.1) is 22.7 Å². The van der Waals surface area contributed by atoms with Crippen molar-refractivity contribution in [1.29, 1.82) is 10.5 Å². The number of nitrogen functional groups attached to an aromatic ring is 1. The van der Waals surface area contributed by atoms with E-state index in [-0.39, 0.29) is 22.6 Å². The summed E-state index contributed by atoms with van der Waals surface area (Å²) in [6.07, 6.45) is 3.53. The summed E-state index contributed by atoms with van der Waals surface area (Å²) < 4.78 is 8.51. The molecule has 2 aromatic heterocycles. The number of rotatable bonds is 6. The second-order valence-electron chi connectivity index (χ2n) is 8.08. The van der Waals surface area contributed by atoms with Gasteiger partial charge < -0.3 is 10.5 Å². The molecule has 0 spiro atoms. The molecule has 0 radical (unpaired) electrons. The molecule has 0 bridgehead atoms. The van der Waals surface area contributed by atoms with Crippen molar-refractivity contribution < 1.29 is 4.74 Å². The first-order chi connectivity index (χ1) is 18.1. The van der Waals surface area contributed by atoms with Crippen molar-refractivity contribution in [3.8, 4) is 40.5 Å². The molecule has 8 nitrogen and oxygen atoms in total. The van der Waals surface area contributed by atoms with Gasteiger partial charge in [0.1, 0.15) is 35.0 Å². The molecule has 5 rings (SSSR count). The van der Waals surface area contributed by atoms with Crippen LogP contribution in [0.15, 0.2) is 91.1 Å². The van der Waals surface area contributed by atoms with Gasteiger partial charge in [-0.3, -0.25) is 0 Å². The maximum atomic E-state index is 10.1. The van der Waals surface area contributed by atoms with Gasteiger partial charge in [-0.2, -0.15) is 20.7 Å². The number of methoxy groups -OCH3 is 1. The van der Waals surface area contributed by atoms with Crippen molar-refractivity contribution in [2.45, 2.75) is 0 Å². The summed E-state index contributed by atoms with van der Waals surface area (Å²) in [7, 11) is 1.61. The normalized spacial score (nSPS) is 11.1. The topological polar surface area (TPSA) is 118 Å². The van der Waals surface area contributed by atoms with E-state index >= 15 is 0 Å².